The molecule has 1 aliphatic heterocycles. The summed E-state index contributed by atoms with van der Waals surface area (Å²) in [5, 5.41) is 5.71. The highest BCUT2D eigenvalue weighted by molar-refractivity contribution is 6.01. The van der Waals surface area contributed by atoms with Gasteiger partial charge in [-0.25, -0.2) is 0 Å². The van der Waals surface area contributed by atoms with E-state index in [9.17, 15) is 9.59 Å². The molecule has 0 saturated heterocycles. The molecule has 5 nitrogen and oxygen atoms in total. The van der Waals surface area contributed by atoms with Crippen LogP contribution in [0.4, 0.5) is 5.69 Å². The van der Waals surface area contributed by atoms with Crippen LogP contribution in [-0.2, 0) is 9.59 Å². The lowest BCUT2D eigenvalue weighted by Gasteiger charge is -2.29. The van der Waals surface area contributed by atoms with Crippen molar-refractivity contribution >= 4 is 17.5 Å². The third-order valence-corrected chi connectivity index (χ3v) is 4.34. The van der Waals surface area contributed by atoms with E-state index in [0.29, 0.717) is 6.54 Å². The summed E-state index contributed by atoms with van der Waals surface area (Å²) in [6, 6.07) is 7.42. The smallest absolute Gasteiger partial charge is 0.228 e. The molecule has 0 spiro atoms. The first-order chi connectivity index (χ1) is 9.99. The molecule has 2 amide bonds. The fourth-order valence-corrected chi connectivity index (χ4v) is 2.53. The highest BCUT2D eigenvalue weighted by Crippen LogP contribution is 2.32. The fourth-order valence-electron chi connectivity index (χ4n) is 2.53. The van der Waals surface area contributed by atoms with Gasteiger partial charge in [-0.15, -0.1) is 0 Å². The van der Waals surface area contributed by atoms with E-state index in [1.54, 1.807) is 0 Å². The van der Waals surface area contributed by atoms with E-state index in [-0.39, 0.29) is 23.8 Å². The van der Waals surface area contributed by atoms with Crippen molar-refractivity contribution in [1.29, 1.82) is 0 Å². The van der Waals surface area contributed by atoms with Gasteiger partial charge in [-0.1, -0.05) is 32.0 Å². The quantitative estimate of drug-likeness (QED) is 0.772. The number of fused-ring (bicyclic) bond motifs is 1. The van der Waals surface area contributed by atoms with Gasteiger partial charge in [0, 0.05) is 24.2 Å². The third kappa shape index (κ3) is 3.42. The lowest BCUT2D eigenvalue weighted by atomic mass is 9.89. The molecule has 0 bridgehead atoms. The standard InChI is InChI=1S/C16H23N3O2/c1-3-16(17,4-2)10-18-15(21)12-9-14(20)19-13-8-6-5-7-11(12)13/h5-8,12H,3-4,9-10,17H2,1-2H3,(H,18,21)(H,19,20). The summed E-state index contributed by atoms with van der Waals surface area (Å²) in [6.45, 7) is 4.46. The molecule has 5 heteroatoms. The Hall–Kier alpha value is -1.88. The molecule has 2 rings (SSSR count). The molecule has 4 N–H and O–H groups in total. The number of anilines is 1. The zero-order valence-electron chi connectivity index (χ0n) is 12.6. The Morgan fingerprint density at radius 1 is 1.38 bits per heavy atom. The molecule has 114 valence electrons. The maximum absolute atomic E-state index is 12.4. The second-order valence-corrected chi connectivity index (χ2v) is 5.68. The molecule has 1 aromatic rings. The van der Waals surface area contributed by atoms with Crippen molar-refractivity contribution in [1.82, 2.24) is 5.32 Å². The number of para-hydroxylation sites is 1. The van der Waals surface area contributed by atoms with E-state index in [2.05, 4.69) is 10.6 Å². The average molecular weight is 289 g/mol. The summed E-state index contributed by atoms with van der Waals surface area (Å²) in [5.41, 5.74) is 7.41. The van der Waals surface area contributed by atoms with E-state index >= 15 is 0 Å². The van der Waals surface area contributed by atoms with Crippen molar-refractivity contribution in [2.75, 3.05) is 11.9 Å². The number of amides is 2. The third-order valence-electron chi connectivity index (χ3n) is 4.34. The first-order valence-corrected chi connectivity index (χ1v) is 7.44. The molecule has 21 heavy (non-hydrogen) atoms. The van der Waals surface area contributed by atoms with Crippen molar-refractivity contribution in [3.8, 4) is 0 Å². The van der Waals surface area contributed by atoms with Crippen molar-refractivity contribution < 1.29 is 9.59 Å². The molecule has 1 unspecified atom stereocenters. The monoisotopic (exact) mass is 289 g/mol. The normalized spacial score (nSPS) is 17.9. The Morgan fingerprint density at radius 2 is 2.05 bits per heavy atom. The van der Waals surface area contributed by atoms with E-state index in [4.69, 9.17) is 5.73 Å². The molecule has 0 aliphatic carbocycles. The van der Waals surface area contributed by atoms with Crippen molar-refractivity contribution in [3.63, 3.8) is 0 Å². The minimum Gasteiger partial charge on any atom is -0.354 e. The number of hydrogen-bond acceptors (Lipinski definition) is 3. The molecular formula is C16H23N3O2. The Labute approximate surface area is 125 Å². The van der Waals surface area contributed by atoms with Crippen LogP contribution < -0.4 is 16.4 Å². The van der Waals surface area contributed by atoms with E-state index < -0.39 is 5.92 Å². The van der Waals surface area contributed by atoms with Crippen LogP contribution in [-0.4, -0.2) is 23.9 Å². The summed E-state index contributed by atoms with van der Waals surface area (Å²) in [6.07, 6.45) is 1.77. The Balaban J connectivity index is 2.11. The number of nitrogens with two attached hydrogens (primary N) is 1. The number of rotatable bonds is 5. The SMILES string of the molecule is CCC(N)(CC)CNC(=O)C1CC(=O)Nc2ccccc21. The van der Waals surface area contributed by atoms with Crippen LogP contribution in [0.1, 0.15) is 44.6 Å². The predicted octanol–water partition coefficient (Wildman–Crippen LogP) is 1.75. The topological polar surface area (TPSA) is 84.2 Å². The van der Waals surface area contributed by atoms with E-state index in [1.165, 1.54) is 0 Å². The Bertz CT molecular complexity index is 538. The number of carbonyl (C=O) groups is 2. The van der Waals surface area contributed by atoms with Gasteiger partial charge in [0.15, 0.2) is 0 Å². The van der Waals surface area contributed by atoms with Gasteiger partial charge in [0.25, 0.3) is 0 Å². The maximum atomic E-state index is 12.4. The first-order valence-electron chi connectivity index (χ1n) is 7.44. The fraction of sp³-hybridized carbons (Fsp3) is 0.500. The van der Waals surface area contributed by atoms with Gasteiger partial charge in [-0.3, -0.25) is 9.59 Å². The number of hydrogen-bond donors (Lipinski definition) is 3. The molecular weight excluding hydrogens is 266 g/mol. The second-order valence-electron chi connectivity index (χ2n) is 5.68. The minimum atomic E-state index is -0.437. The van der Waals surface area contributed by atoms with Crippen LogP contribution in [0.25, 0.3) is 0 Å². The number of nitrogens with one attached hydrogen (secondary N) is 2. The van der Waals surface area contributed by atoms with Crippen molar-refractivity contribution in [2.45, 2.75) is 44.6 Å². The van der Waals surface area contributed by atoms with Crippen LogP contribution in [0, 0.1) is 0 Å². The molecule has 1 aliphatic rings. The van der Waals surface area contributed by atoms with Crippen LogP contribution in [0.15, 0.2) is 24.3 Å². The van der Waals surface area contributed by atoms with Crippen LogP contribution >= 0.6 is 0 Å². The first kappa shape index (κ1) is 15.5. The Kier molecular flexibility index (Phi) is 4.63. The highest BCUT2D eigenvalue weighted by Gasteiger charge is 2.31. The zero-order valence-corrected chi connectivity index (χ0v) is 12.6. The predicted molar refractivity (Wildman–Crippen MR) is 82.9 cm³/mol. The van der Waals surface area contributed by atoms with Crippen molar-refractivity contribution in [3.05, 3.63) is 29.8 Å². The van der Waals surface area contributed by atoms with Gasteiger partial charge >= 0.3 is 0 Å². The lowest BCUT2D eigenvalue weighted by molar-refractivity contribution is -0.126. The van der Waals surface area contributed by atoms with Gasteiger partial charge < -0.3 is 16.4 Å². The zero-order chi connectivity index (χ0) is 15.5. The Morgan fingerprint density at radius 3 is 2.71 bits per heavy atom. The van der Waals surface area contributed by atoms with Gasteiger partial charge in [-0.2, -0.15) is 0 Å². The molecule has 0 fully saturated rings. The van der Waals surface area contributed by atoms with Gasteiger partial charge in [-0.05, 0) is 24.5 Å². The maximum Gasteiger partial charge on any atom is 0.228 e. The summed E-state index contributed by atoms with van der Waals surface area (Å²) in [4.78, 5) is 24.2. The van der Waals surface area contributed by atoms with E-state index in [0.717, 1.165) is 24.1 Å². The minimum absolute atomic E-state index is 0.126. The number of carbonyl (C=O) groups excluding carboxylic acids is 2. The second kappa shape index (κ2) is 6.26. The molecule has 1 aromatic carbocycles. The van der Waals surface area contributed by atoms with Crippen LogP contribution in [0.5, 0.6) is 0 Å². The average Bonchev–Trinajstić information content (AvgIpc) is 2.51. The summed E-state index contributed by atoms with van der Waals surface area (Å²) in [7, 11) is 0. The molecule has 0 aromatic heterocycles. The van der Waals surface area contributed by atoms with E-state index in [1.807, 2.05) is 38.1 Å². The van der Waals surface area contributed by atoms with Gasteiger partial charge in [0.05, 0.1) is 5.92 Å². The molecule has 1 heterocycles. The van der Waals surface area contributed by atoms with Gasteiger partial charge in [0.1, 0.15) is 0 Å². The lowest BCUT2D eigenvalue weighted by Crippen LogP contribution is -2.50. The molecule has 0 saturated carbocycles. The summed E-state index contributed by atoms with van der Waals surface area (Å²) in [5.74, 6) is -0.694. The largest absolute Gasteiger partial charge is 0.354 e. The van der Waals surface area contributed by atoms with Gasteiger partial charge in [0.2, 0.25) is 11.8 Å². The van der Waals surface area contributed by atoms with Crippen LogP contribution in [0.3, 0.4) is 0 Å². The van der Waals surface area contributed by atoms with Crippen molar-refractivity contribution in [2.24, 2.45) is 5.73 Å². The van der Waals surface area contributed by atoms with Crippen LogP contribution in [0.2, 0.25) is 0 Å². The molecule has 0 radical (unpaired) electrons. The summed E-state index contributed by atoms with van der Waals surface area (Å²) < 4.78 is 0. The summed E-state index contributed by atoms with van der Waals surface area (Å²) >= 11 is 0. The molecule has 1 atom stereocenters. The number of benzene rings is 1. The highest BCUT2D eigenvalue weighted by atomic mass is 16.2.